The molecule has 5 nitrogen and oxygen atoms in total. The van der Waals surface area contributed by atoms with E-state index in [-0.39, 0.29) is 6.42 Å². The van der Waals surface area contributed by atoms with E-state index < -0.39 is 23.9 Å². The average molecular weight is 319 g/mol. The molecule has 0 aliphatic rings. The van der Waals surface area contributed by atoms with Gasteiger partial charge in [0.15, 0.2) is 0 Å². The molecule has 0 heterocycles. The van der Waals surface area contributed by atoms with Gasteiger partial charge in [-0.25, -0.2) is 14.0 Å². The molecule has 0 aliphatic heterocycles. The van der Waals surface area contributed by atoms with Gasteiger partial charge in [-0.2, -0.15) is 0 Å². The molecule has 2 amide bonds. The van der Waals surface area contributed by atoms with Gasteiger partial charge in [0, 0.05) is 4.47 Å². The second-order valence-electron chi connectivity index (χ2n) is 3.52. The summed E-state index contributed by atoms with van der Waals surface area (Å²) in [6.07, 6.45) is 0.271. The van der Waals surface area contributed by atoms with Crippen molar-refractivity contribution in [1.29, 1.82) is 0 Å². The Labute approximate surface area is 112 Å². The largest absolute Gasteiger partial charge is 0.480 e. The summed E-state index contributed by atoms with van der Waals surface area (Å²) in [6.45, 7) is 1.65. The molecule has 0 aliphatic carbocycles. The quantitative estimate of drug-likeness (QED) is 0.798. The van der Waals surface area contributed by atoms with Gasteiger partial charge >= 0.3 is 12.0 Å². The Morgan fingerprint density at radius 1 is 1.50 bits per heavy atom. The third-order valence-corrected chi connectivity index (χ3v) is 2.85. The molecule has 0 unspecified atom stereocenters. The summed E-state index contributed by atoms with van der Waals surface area (Å²) in [5.74, 6) is -1.55. The second-order valence-corrected chi connectivity index (χ2v) is 4.38. The number of carboxylic acids is 1. The standard InChI is InChI=1S/C11H12BrFN2O3/c1-2-8(10(16)17)14-11(18)15-9-4-3-6(13)5-7(9)12/h3-5,8H,2H2,1H3,(H,16,17)(H2,14,15,18)/t8-/m0/s1. The maximum absolute atomic E-state index is 12.8. The number of anilines is 1. The van der Waals surface area contributed by atoms with Crippen molar-refractivity contribution in [3.8, 4) is 0 Å². The molecule has 1 atom stereocenters. The maximum atomic E-state index is 12.8. The average Bonchev–Trinajstić information content (AvgIpc) is 2.29. The lowest BCUT2D eigenvalue weighted by Crippen LogP contribution is -2.42. The van der Waals surface area contributed by atoms with Crippen LogP contribution in [0, 0.1) is 5.82 Å². The molecule has 1 rings (SSSR count). The fourth-order valence-electron chi connectivity index (χ4n) is 1.25. The summed E-state index contributed by atoms with van der Waals surface area (Å²) >= 11 is 3.09. The summed E-state index contributed by atoms with van der Waals surface area (Å²) in [5.41, 5.74) is 0.356. The molecule has 1 aromatic carbocycles. The van der Waals surface area contributed by atoms with Crippen LogP contribution in [-0.4, -0.2) is 23.1 Å². The van der Waals surface area contributed by atoms with Crippen LogP contribution in [0.3, 0.4) is 0 Å². The molecule has 0 aromatic heterocycles. The van der Waals surface area contributed by atoms with Crippen LogP contribution >= 0.6 is 15.9 Å². The first-order chi connectivity index (χ1) is 8.43. The van der Waals surface area contributed by atoms with E-state index in [0.717, 1.165) is 0 Å². The number of carbonyl (C=O) groups is 2. The van der Waals surface area contributed by atoms with Crippen molar-refractivity contribution in [2.45, 2.75) is 19.4 Å². The molecule has 98 valence electrons. The van der Waals surface area contributed by atoms with Gasteiger partial charge in [-0.15, -0.1) is 0 Å². The summed E-state index contributed by atoms with van der Waals surface area (Å²) < 4.78 is 13.2. The first-order valence-corrected chi connectivity index (χ1v) is 5.98. The summed E-state index contributed by atoms with van der Waals surface area (Å²) in [6, 6.07) is 2.15. The molecule has 3 N–H and O–H groups in total. The number of nitrogens with one attached hydrogen (secondary N) is 2. The molecule has 0 bridgehead atoms. The zero-order valence-corrected chi connectivity index (χ0v) is 11.1. The van der Waals surface area contributed by atoms with Gasteiger partial charge in [0.05, 0.1) is 5.69 Å². The molecule has 0 saturated heterocycles. The predicted octanol–water partition coefficient (Wildman–Crippen LogP) is 2.57. The topological polar surface area (TPSA) is 78.4 Å². The highest BCUT2D eigenvalue weighted by Gasteiger charge is 2.17. The Kier molecular flexibility index (Phi) is 5.08. The number of hydrogen-bond donors (Lipinski definition) is 3. The Morgan fingerprint density at radius 2 is 2.17 bits per heavy atom. The third kappa shape index (κ3) is 3.99. The number of aliphatic carboxylic acids is 1. The number of amides is 2. The molecule has 0 spiro atoms. The summed E-state index contributed by atoms with van der Waals surface area (Å²) in [7, 11) is 0. The molecular formula is C11H12BrFN2O3. The minimum atomic E-state index is -1.11. The Bertz CT molecular complexity index is 468. The van der Waals surface area contributed by atoms with E-state index in [0.29, 0.717) is 10.2 Å². The molecule has 1 aromatic rings. The zero-order valence-electron chi connectivity index (χ0n) is 9.54. The SMILES string of the molecule is CC[C@H](NC(=O)Nc1ccc(F)cc1Br)C(=O)O. The predicted molar refractivity (Wildman–Crippen MR) is 68.0 cm³/mol. The van der Waals surface area contributed by atoms with Gasteiger partial charge in [0.2, 0.25) is 0 Å². The van der Waals surface area contributed by atoms with Gasteiger partial charge in [0.25, 0.3) is 0 Å². The lowest BCUT2D eigenvalue weighted by molar-refractivity contribution is -0.139. The molecule has 0 radical (unpaired) electrons. The first-order valence-electron chi connectivity index (χ1n) is 5.19. The van der Waals surface area contributed by atoms with Crippen molar-refractivity contribution in [2.24, 2.45) is 0 Å². The van der Waals surface area contributed by atoms with Gasteiger partial charge < -0.3 is 15.7 Å². The summed E-state index contributed by atoms with van der Waals surface area (Å²) in [5, 5.41) is 13.5. The smallest absolute Gasteiger partial charge is 0.326 e. The van der Waals surface area contributed by atoms with Crippen molar-refractivity contribution in [2.75, 3.05) is 5.32 Å². The number of carbonyl (C=O) groups excluding carboxylic acids is 1. The maximum Gasteiger partial charge on any atom is 0.326 e. The highest BCUT2D eigenvalue weighted by molar-refractivity contribution is 9.10. The Balaban J connectivity index is 2.67. The molecule has 7 heteroatoms. The highest BCUT2D eigenvalue weighted by Crippen LogP contribution is 2.22. The van der Waals surface area contributed by atoms with Crippen LogP contribution in [-0.2, 0) is 4.79 Å². The number of benzene rings is 1. The second kappa shape index (κ2) is 6.34. The number of carboxylic acid groups (broad SMARTS) is 1. The molecule has 18 heavy (non-hydrogen) atoms. The minimum Gasteiger partial charge on any atom is -0.480 e. The van der Waals surface area contributed by atoms with Crippen LogP contribution in [0.15, 0.2) is 22.7 Å². The molecule has 0 fully saturated rings. The van der Waals surface area contributed by atoms with Gasteiger partial charge in [-0.3, -0.25) is 0 Å². The molecular weight excluding hydrogens is 307 g/mol. The van der Waals surface area contributed by atoms with Crippen molar-refractivity contribution >= 4 is 33.6 Å². The van der Waals surface area contributed by atoms with E-state index in [4.69, 9.17) is 5.11 Å². The van der Waals surface area contributed by atoms with Crippen molar-refractivity contribution < 1.29 is 19.1 Å². The van der Waals surface area contributed by atoms with Crippen molar-refractivity contribution in [3.63, 3.8) is 0 Å². The van der Waals surface area contributed by atoms with Gasteiger partial charge in [0.1, 0.15) is 11.9 Å². The molecule has 0 saturated carbocycles. The van der Waals surface area contributed by atoms with E-state index in [2.05, 4.69) is 26.6 Å². The van der Waals surface area contributed by atoms with Crippen LogP contribution in [0.1, 0.15) is 13.3 Å². The zero-order chi connectivity index (χ0) is 13.7. The third-order valence-electron chi connectivity index (χ3n) is 2.19. The lowest BCUT2D eigenvalue weighted by Gasteiger charge is -2.13. The van der Waals surface area contributed by atoms with Gasteiger partial charge in [-0.05, 0) is 40.5 Å². The van der Waals surface area contributed by atoms with Crippen molar-refractivity contribution in [1.82, 2.24) is 5.32 Å². The van der Waals surface area contributed by atoms with Crippen LogP contribution in [0.4, 0.5) is 14.9 Å². The van der Waals surface area contributed by atoms with E-state index >= 15 is 0 Å². The van der Waals surface area contributed by atoms with E-state index in [9.17, 15) is 14.0 Å². The lowest BCUT2D eigenvalue weighted by atomic mass is 10.2. The number of rotatable bonds is 4. The van der Waals surface area contributed by atoms with Gasteiger partial charge in [-0.1, -0.05) is 6.92 Å². The first kappa shape index (κ1) is 14.4. The highest BCUT2D eigenvalue weighted by atomic mass is 79.9. The van der Waals surface area contributed by atoms with Crippen LogP contribution < -0.4 is 10.6 Å². The van der Waals surface area contributed by atoms with Crippen LogP contribution in [0.25, 0.3) is 0 Å². The monoisotopic (exact) mass is 318 g/mol. The fraction of sp³-hybridized carbons (Fsp3) is 0.273. The number of hydrogen-bond acceptors (Lipinski definition) is 2. The fourth-order valence-corrected chi connectivity index (χ4v) is 1.70. The number of halogens is 2. The summed E-state index contributed by atoms with van der Waals surface area (Å²) in [4.78, 5) is 22.3. The van der Waals surface area contributed by atoms with E-state index in [1.54, 1.807) is 6.92 Å². The van der Waals surface area contributed by atoms with E-state index in [1.807, 2.05) is 0 Å². The Hall–Kier alpha value is -1.63. The van der Waals surface area contributed by atoms with E-state index in [1.165, 1.54) is 18.2 Å². The van der Waals surface area contributed by atoms with Crippen molar-refractivity contribution in [3.05, 3.63) is 28.5 Å². The minimum absolute atomic E-state index is 0.271. The Morgan fingerprint density at radius 3 is 2.67 bits per heavy atom. The van der Waals surface area contributed by atoms with Crippen LogP contribution in [0.5, 0.6) is 0 Å². The normalized spacial score (nSPS) is 11.7. The van der Waals surface area contributed by atoms with Crippen LogP contribution in [0.2, 0.25) is 0 Å². The number of urea groups is 1.